The van der Waals surface area contributed by atoms with E-state index in [4.69, 9.17) is 0 Å². The van der Waals surface area contributed by atoms with Crippen LogP contribution in [0.2, 0.25) is 0 Å². The van der Waals surface area contributed by atoms with E-state index in [0.717, 1.165) is 5.01 Å². The summed E-state index contributed by atoms with van der Waals surface area (Å²) in [6, 6.07) is 0. The third kappa shape index (κ3) is 2.05. The Bertz CT molecular complexity index is 367. The summed E-state index contributed by atoms with van der Waals surface area (Å²) in [4.78, 5) is 22.4. The van der Waals surface area contributed by atoms with Crippen molar-refractivity contribution >= 4 is 17.6 Å². The van der Waals surface area contributed by atoms with Crippen LogP contribution in [-0.2, 0) is 9.59 Å². The second-order valence-electron chi connectivity index (χ2n) is 4.59. The molecule has 0 atom stereocenters. The summed E-state index contributed by atoms with van der Waals surface area (Å²) in [6.07, 6.45) is 0. The van der Waals surface area contributed by atoms with Gasteiger partial charge in [-0.1, -0.05) is 0 Å². The van der Waals surface area contributed by atoms with Gasteiger partial charge in [-0.25, -0.2) is 5.01 Å². The molecule has 0 fully saturated rings. The summed E-state index contributed by atoms with van der Waals surface area (Å²) < 4.78 is 0. The maximum Gasteiger partial charge on any atom is 0.311 e. The molecular formula is C9H15N3O4. The van der Waals surface area contributed by atoms with E-state index in [1.807, 2.05) is 0 Å². The predicted molar refractivity (Wildman–Crippen MR) is 55.0 cm³/mol. The summed E-state index contributed by atoms with van der Waals surface area (Å²) in [5.74, 6) is -4.75. The molecule has 2 amide bonds. The van der Waals surface area contributed by atoms with Crippen LogP contribution in [0.4, 0.5) is 0 Å². The molecule has 3 N–H and O–H groups in total. The lowest BCUT2D eigenvalue weighted by molar-refractivity contribution is -0.172. The lowest BCUT2D eigenvalue weighted by Gasteiger charge is -2.28. The normalized spacial score (nSPS) is 19.8. The van der Waals surface area contributed by atoms with Gasteiger partial charge in [0, 0.05) is 6.92 Å². The van der Waals surface area contributed by atoms with Gasteiger partial charge in [0.05, 0.1) is 5.54 Å². The third-order valence-corrected chi connectivity index (χ3v) is 1.95. The first-order valence-electron chi connectivity index (χ1n) is 4.73. The zero-order chi connectivity index (χ0) is 12.7. The molecule has 0 bridgehead atoms. The van der Waals surface area contributed by atoms with Gasteiger partial charge in [0.1, 0.15) is 0 Å². The second-order valence-corrected chi connectivity index (χ2v) is 4.59. The van der Waals surface area contributed by atoms with E-state index in [2.05, 4.69) is 10.4 Å². The predicted octanol–water partition coefficient (Wildman–Crippen LogP) is -1.24. The molecule has 7 nitrogen and oxygen atoms in total. The van der Waals surface area contributed by atoms with Crippen molar-refractivity contribution < 1.29 is 19.8 Å². The van der Waals surface area contributed by atoms with Crippen molar-refractivity contribution in [2.45, 2.75) is 39.0 Å². The molecule has 7 heteroatoms. The molecule has 1 rings (SSSR count). The van der Waals surface area contributed by atoms with Crippen LogP contribution in [0.25, 0.3) is 0 Å². The van der Waals surface area contributed by atoms with Crippen molar-refractivity contribution in [1.82, 2.24) is 10.3 Å². The summed E-state index contributed by atoms with van der Waals surface area (Å²) in [6.45, 7) is 6.23. The van der Waals surface area contributed by atoms with Crippen LogP contribution >= 0.6 is 0 Å². The van der Waals surface area contributed by atoms with Crippen LogP contribution in [0.5, 0.6) is 0 Å². The number of hydrazone groups is 1. The van der Waals surface area contributed by atoms with Crippen LogP contribution in [0.15, 0.2) is 5.10 Å². The molecular weight excluding hydrogens is 214 g/mol. The molecule has 0 aromatic heterocycles. The Labute approximate surface area is 92.7 Å². The number of amides is 2. The first kappa shape index (κ1) is 12.6. The van der Waals surface area contributed by atoms with E-state index >= 15 is 0 Å². The Morgan fingerprint density at radius 1 is 1.44 bits per heavy atom. The number of carbonyl (C=O) groups excluding carboxylic acids is 2. The summed E-state index contributed by atoms with van der Waals surface area (Å²) in [5, 5.41) is 25.8. The number of nitrogens with one attached hydrogen (secondary N) is 1. The van der Waals surface area contributed by atoms with E-state index in [1.165, 1.54) is 6.92 Å². The molecule has 1 heterocycles. The standard InChI is InChI=1S/C9H15N3O4/c1-5(13)10-6-9(15,16)7(14)12(11-6)8(2,3)4/h15-16H,1-4H3,(H,10,11,13). The minimum atomic E-state index is -2.76. The van der Waals surface area contributed by atoms with Gasteiger partial charge in [0.25, 0.3) is 0 Å². The maximum atomic E-state index is 11.6. The highest BCUT2D eigenvalue weighted by atomic mass is 16.5. The first-order valence-corrected chi connectivity index (χ1v) is 4.73. The zero-order valence-electron chi connectivity index (χ0n) is 9.61. The number of carbonyl (C=O) groups is 2. The van der Waals surface area contributed by atoms with Gasteiger partial charge in [0.2, 0.25) is 5.91 Å². The van der Waals surface area contributed by atoms with Gasteiger partial charge in [-0.05, 0) is 20.8 Å². The molecule has 90 valence electrons. The first-order chi connectivity index (χ1) is 7.06. The number of amidine groups is 1. The Hall–Kier alpha value is -1.47. The monoisotopic (exact) mass is 229 g/mol. The van der Waals surface area contributed by atoms with Gasteiger partial charge < -0.3 is 15.5 Å². The average Bonchev–Trinajstić information content (AvgIpc) is 2.26. The SMILES string of the molecule is CC(=O)NC1=NN(C(C)(C)C)C(=O)C1(O)O. The molecule has 0 saturated heterocycles. The maximum absolute atomic E-state index is 11.6. The molecule has 0 spiro atoms. The van der Waals surface area contributed by atoms with Gasteiger partial charge in [-0.3, -0.25) is 9.59 Å². The van der Waals surface area contributed by atoms with E-state index in [9.17, 15) is 19.8 Å². The largest absolute Gasteiger partial charge is 0.352 e. The highest BCUT2D eigenvalue weighted by Gasteiger charge is 2.52. The molecule has 1 aliphatic rings. The van der Waals surface area contributed by atoms with Crippen molar-refractivity contribution in [3.8, 4) is 0 Å². The Kier molecular flexibility index (Phi) is 2.78. The van der Waals surface area contributed by atoms with E-state index in [0.29, 0.717) is 0 Å². The minimum absolute atomic E-state index is 0.472. The van der Waals surface area contributed by atoms with E-state index in [-0.39, 0.29) is 0 Å². The van der Waals surface area contributed by atoms with Gasteiger partial charge >= 0.3 is 11.7 Å². The number of rotatable bonds is 0. The van der Waals surface area contributed by atoms with Crippen molar-refractivity contribution in [2.24, 2.45) is 5.10 Å². The lowest BCUT2D eigenvalue weighted by Crippen LogP contribution is -2.54. The van der Waals surface area contributed by atoms with Crippen molar-refractivity contribution in [2.75, 3.05) is 0 Å². The molecule has 0 aliphatic carbocycles. The minimum Gasteiger partial charge on any atom is -0.352 e. The van der Waals surface area contributed by atoms with Gasteiger partial charge in [0.15, 0.2) is 5.84 Å². The molecule has 0 aromatic carbocycles. The highest BCUT2D eigenvalue weighted by molar-refractivity contribution is 6.16. The fourth-order valence-electron chi connectivity index (χ4n) is 1.20. The Balaban J connectivity index is 3.08. The van der Waals surface area contributed by atoms with Crippen LogP contribution in [-0.4, -0.2) is 44.2 Å². The summed E-state index contributed by atoms with van der Waals surface area (Å²) in [7, 11) is 0. The highest BCUT2D eigenvalue weighted by Crippen LogP contribution is 2.24. The molecule has 0 aromatic rings. The smallest absolute Gasteiger partial charge is 0.311 e. The molecule has 0 radical (unpaired) electrons. The molecule has 0 saturated carbocycles. The van der Waals surface area contributed by atoms with Crippen molar-refractivity contribution in [3.63, 3.8) is 0 Å². The topological polar surface area (TPSA) is 102 Å². The van der Waals surface area contributed by atoms with E-state index in [1.54, 1.807) is 20.8 Å². The molecule has 1 aliphatic heterocycles. The van der Waals surface area contributed by atoms with Crippen LogP contribution in [0.1, 0.15) is 27.7 Å². The number of hydrogen-bond donors (Lipinski definition) is 3. The van der Waals surface area contributed by atoms with Gasteiger partial charge in [-0.2, -0.15) is 0 Å². The third-order valence-electron chi connectivity index (χ3n) is 1.95. The van der Waals surface area contributed by atoms with E-state index < -0.39 is 29.0 Å². The number of aliphatic hydroxyl groups is 2. The Morgan fingerprint density at radius 3 is 2.25 bits per heavy atom. The fourth-order valence-corrected chi connectivity index (χ4v) is 1.20. The summed E-state index contributed by atoms with van der Waals surface area (Å²) in [5.41, 5.74) is -0.700. The van der Waals surface area contributed by atoms with Crippen molar-refractivity contribution in [1.29, 1.82) is 0 Å². The van der Waals surface area contributed by atoms with Crippen molar-refractivity contribution in [3.05, 3.63) is 0 Å². The average molecular weight is 229 g/mol. The molecule has 16 heavy (non-hydrogen) atoms. The molecule has 0 unspecified atom stereocenters. The fraction of sp³-hybridized carbons (Fsp3) is 0.667. The second kappa shape index (κ2) is 3.53. The zero-order valence-corrected chi connectivity index (χ0v) is 9.61. The Morgan fingerprint density at radius 2 is 1.94 bits per heavy atom. The van der Waals surface area contributed by atoms with Crippen LogP contribution in [0.3, 0.4) is 0 Å². The lowest BCUT2D eigenvalue weighted by atomic mass is 10.1. The van der Waals surface area contributed by atoms with Gasteiger partial charge in [-0.15, -0.1) is 5.10 Å². The number of nitrogens with zero attached hydrogens (tertiary/aromatic N) is 2. The van der Waals surface area contributed by atoms with Crippen LogP contribution in [0, 0.1) is 0 Å². The number of hydrogen-bond acceptors (Lipinski definition) is 5. The quantitative estimate of drug-likeness (QED) is 0.452. The summed E-state index contributed by atoms with van der Waals surface area (Å²) >= 11 is 0. The van der Waals surface area contributed by atoms with Crippen LogP contribution < -0.4 is 5.32 Å².